The van der Waals surface area contributed by atoms with E-state index in [1.165, 1.54) is 12.1 Å². The van der Waals surface area contributed by atoms with Crippen LogP contribution in [0, 0.1) is 11.6 Å². The van der Waals surface area contributed by atoms with Crippen LogP contribution >= 0.6 is 12.4 Å². The van der Waals surface area contributed by atoms with Gasteiger partial charge in [0, 0.05) is 38.3 Å². The second-order valence-corrected chi connectivity index (χ2v) is 4.30. The molecule has 2 nitrogen and oxygen atoms in total. The Balaban J connectivity index is 0.00000144. The Morgan fingerprint density at radius 2 is 1.94 bits per heavy atom. The second kappa shape index (κ2) is 6.28. The second-order valence-electron chi connectivity index (χ2n) is 4.30. The average Bonchev–Trinajstić information content (AvgIpc) is 2.20. The monoisotopic (exact) mass is 262 g/mol. The molecule has 1 heterocycles. The normalized spacial score (nSPS) is 21.0. The summed E-state index contributed by atoms with van der Waals surface area (Å²) in [6.07, 6.45) is 0. The molecule has 0 unspecified atom stereocenters. The number of nitrogens with one attached hydrogen (secondary N) is 1. The highest BCUT2D eigenvalue weighted by molar-refractivity contribution is 5.85. The number of rotatable bonds is 2. The molecule has 0 amide bonds. The Bertz CT molecular complexity index is 353. The van der Waals surface area contributed by atoms with Gasteiger partial charge in [-0.2, -0.15) is 0 Å². The van der Waals surface area contributed by atoms with E-state index in [2.05, 4.69) is 17.1 Å². The third kappa shape index (κ3) is 3.91. The van der Waals surface area contributed by atoms with Crippen LogP contribution < -0.4 is 5.32 Å². The summed E-state index contributed by atoms with van der Waals surface area (Å²) < 4.78 is 26.0. The standard InChI is InChI=1S/C12H16F2N2.ClH/c1-9-7-15-2-3-16(9)8-10-4-11(13)6-12(14)5-10;/h4-6,9,15H,2-3,7-8H2,1H3;1H/t9-;/m1./s1. The van der Waals surface area contributed by atoms with Crippen molar-refractivity contribution in [1.29, 1.82) is 0 Å². The van der Waals surface area contributed by atoms with E-state index in [9.17, 15) is 8.78 Å². The smallest absolute Gasteiger partial charge is 0.126 e. The quantitative estimate of drug-likeness (QED) is 0.879. The maximum absolute atomic E-state index is 13.0. The van der Waals surface area contributed by atoms with Gasteiger partial charge in [-0.15, -0.1) is 12.4 Å². The fraction of sp³-hybridized carbons (Fsp3) is 0.500. The molecule has 1 fully saturated rings. The van der Waals surface area contributed by atoms with Crippen LogP contribution in [0.2, 0.25) is 0 Å². The maximum Gasteiger partial charge on any atom is 0.126 e. The Morgan fingerprint density at radius 1 is 1.29 bits per heavy atom. The molecule has 2 rings (SSSR count). The molecular weight excluding hydrogens is 246 g/mol. The van der Waals surface area contributed by atoms with E-state index in [1.54, 1.807) is 0 Å². The SMILES string of the molecule is C[C@@H]1CNCCN1Cc1cc(F)cc(F)c1.Cl. The predicted molar refractivity (Wildman–Crippen MR) is 66.3 cm³/mol. The molecular formula is C12H17ClF2N2. The van der Waals surface area contributed by atoms with Gasteiger partial charge in [0.25, 0.3) is 0 Å². The van der Waals surface area contributed by atoms with Crippen molar-refractivity contribution in [2.24, 2.45) is 0 Å². The molecule has 0 saturated carbocycles. The van der Waals surface area contributed by atoms with Crippen molar-refractivity contribution in [3.8, 4) is 0 Å². The van der Waals surface area contributed by atoms with E-state index in [4.69, 9.17) is 0 Å². The molecule has 0 aliphatic carbocycles. The molecule has 1 atom stereocenters. The van der Waals surface area contributed by atoms with Crippen LogP contribution in [0.1, 0.15) is 12.5 Å². The molecule has 0 spiro atoms. The van der Waals surface area contributed by atoms with Crippen molar-refractivity contribution in [1.82, 2.24) is 10.2 Å². The van der Waals surface area contributed by atoms with E-state index in [1.807, 2.05) is 0 Å². The minimum atomic E-state index is -0.502. The van der Waals surface area contributed by atoms with E-state index in [0.29, 0.717) is 18.2 Å². The minimum absolute atomic E-state index is 0. The number of benzene rings is 1. The molecule has 0 bridgehead atoms. The van der Waals surface area contributed by atoms with Gasteiger partial charge in [-0.1, -0.05) is 0 Å². The summed E-state index contributed by atoms with van der Waals surface area (Å²) in [5.41, 5.74) is 0.700. The van der Waals surface area contributed by atoms with E-state index < -0.39 is 11.6 Å². The predicted octanol–water partition coefficient (Wildman–Crippen LogP) is 2.18. The molecule has 1 saturated heterocycles. The summed E-state index contributed by atoms with van der Waals surface area (Å²) in [7, 11) is 0. The molecule has 1 aliphatic rings. The number of hydrogen-bond donors (Lipinski definition) is 1. The van der Waals surface area contributed by atoms with Crippen LogP contribution in [-0.4, -0.2) is 30.6 Å². The van der Waals surface area contributed by atoms with Gasteiger partial charge in [-0.05, 0) is 24.6 Å². The van der Waals surface area contributed by atoms with Gasteiger partial charge in [0.05, 0.1) is 0 Å². The molecule has 1 aromatic rings. The third-order valence-corrected chi connectivity index (χ3v) is 2.95. The summed E-state index contributed by atoms with van der Waals surface area (Å²) in [6.45, 7) is 5.50. The minimum Gasteiger partial charge on any atom is -0.314 e. The van der Waals surface area contributed by atoms with Gasteiger partial charge in [0.2, 0.25) is 0 Å². The summed E-state index contributed by atoms with van der Waals surface area (Å²) in [5.74, 6) is -1.00. The highest BCUT2D eigenvalue weighted by atomic mass is 35.5. The van der Waals surface area contributed by atoms with E-state index in [-0.39, 0.29) is 12.4 Å². The van der Waals surface area contributed by atoms with Crippen molar-refractivity contribution in [3.05, 3.63) is 35.4 Å². The van der Waals surface area contributed by atoms with Gasteiger partial charge in [0.1, 0.15) is 11.6 Å². The Morgan fingerprint density at radius 3 is 2.53 bits per heavy atom. The number of halogens is 3. The number of hydrogen-bond acceptors (Lipinski definition) is 2. The van der Waals surface area contributed by atoms with Crippen molar-refractivity contribution >= 4 is 12.4 Å². The number of piperazine rings is 1. The first-order chi connectivity index (χ1) is 7.65. The maximum atomic E-state index is 13.0. The molecule has 1 aliphatic heterocycles. The van der Waals surface area contributed by atoms with Gasteiger partial charge in [-0.3, -0.25) is 4.90 Å². The van der Waals surface area contributed by atoms with Crippen LogP contribution in [0.5, 0.6) is 0 Å². The van der Waals surface area contributed by atoms with Crippen molar-refractivity contribution in [2.45, 2.75) is 19.5 Å². The van der Waals surface area contributed by atoms with Crippen molar-refractivity contribution < 1.29 is 8.78 Å². The van der Waals surface area contributed by atoms with Gasteiger partial charge >= 0.3 is 0 Å². The Labute approximate surface area is 106 Å². The van der Waals surface area contributed by atoms with Gasteiger partial charge in [-0.25, -0.2) is 8.78 Å². The number of nitrogens with zero attached hydrogens (tertiary/aromatic N) is 1. The lowest BCUT2D eigenvalue weighted by Crippen LogP contribution is -2.49. The van der Waals surface area contributed by atoms with Crippen molar-refractivity contribution in [3.63, 3.8) is 0 Å². The fourth-order valence-corrected chi connectivity index (χ4v) is 2.05. The summed E-state index contributed by atoms with van der Waals surface area (Å²) in [6, 6.07) is 4.11. The molecule has 17 heavy (non-hydrogen) atoms. The summed E-state index contributed by atoms with van der Waals surface area (Å²) in [4.78, 5) is 2.23. The Kier molecular flexibility index (Phi) is 5.31. The first kappa shape index (κ1) is 14.4. The topological polar surface area (TPSA) is 15.3 Å². The largest absolute Gasteiger partial charge is 0.314 e. The van der Waals surface area contributed by atoms with E-state index >= 15 is 0 Å². The molecule has 0 radical (unpaired) electrons. The highest BCUT2D eigenvalue weighted by Crippen LogP contribution is 2.13. The first-order valence-corrected chi connectivity index (χ1v) is 5.55. The molecule has 1 N–H and O–H groups in total. The Hall–Kier alpha value is -0.710. The third-order valence-electron chi connectivity index (χ3n) is 2.95. The van der Waals surface area contributed by atoms with Gasteiger partial charge < -0.3 is 5.32 Å². The summed E-state index contributed by atoms with van der Waals surface area (Å²) >= 11 is 0. The molecule has 96 valence electrons. The lowest BCUT2D eigenvalue weighted by molar-refractivity contribution is 0.165. The van der Waals surface area contributed by atoms with Crippen LogP contribution in [-0.2, 0) is 6.54 Å². The zero-order chi connectivity index (χ0) is 11.5. The average molecular weight is 263 g/mol. The van der Waals surface area contributed by atoms with Crippen molar-refractivity contribution in [2.75, 3.05) is 19.6 Å². The fourth-order valence-electron chi connectivity index (χ4n) is 2.05. The lowest BCUT2D eigenvalue weighted by Gasteiger charge is -2.33. The van der Waals surface area contributed by atoms with Gasteiger partial charge in [0.15, 0.2) is 0 Å². The van der Waals surface area contributed by atoms with E-state index in [0.717, 1.165) is 25.7 Å². The van der Waals surface area contributed by atoms with Crippen LogP contribution in [0.3, 0.4) is 0 Å². The van der Waals surface area contributed by atoms with Crippen LogP contribution in [0.15, 0.2) is 18.2 Å². The molecule has 1 aromatic carbocycles. The highest BCUT2D eigenvalue weighted by Gasteiger charge is 2.18. The zero-order valence-electron chi connectivity index (χ0n) is 9.75. The zero-order valence-corrected chi connectivity index (χ0v) is 10.6. The first-order valence-electron chi connectivity index (χ1n) is 5.55. The lowest BCUT2D eigenvalue weighted by atomic mass is 10.1. The summed E-state index contributed by atoms with van der Waals surface area (Å²) in [5, 5.41) is 3.28. The van der Waals surface area contributed by atoms with Crippen LogP contribution in [0.4, 0.5) is 8.78 Å². The molecule has 5 heteroatoms. The molecule has 0 aromatic heterocycles. The van der Waals surface area contributed by atoms with Crippen LogP contribution in [0.25, 0.3) is 0 Å².